The third kappa shape index (κ3) is 4.38. The van der Waals surface area contributed by atoms with Gasteiger partial charge in [-0.05, 0) is 50.1 Å². The van der Waals surface area contributed by atoms with E-state index in [1.165, 1.54) is 5.56 Å². The summed E-state index contributed by atoms with van der Waals surface area (Å²) >= 11 is 0. The lowest BCUT2D eigenvalue weighted by Crippen LogP contribution is -2.09. The predicted molar refractivity (Wildman–Crippen MR) is 88.1 cm³/mol. The van der Waals surface area contributed by atoms with Crippen molar-refractivity contribution in [3.05, 3.63) is 42.0 Å². The average Bonchev–Trinajstić information content (AvgIpc) is 2.44. The van der Waals surface area contributed by atoms with Crippen LogP contribution >= 0.6 is 0 Å². The lowest BCUT2D eigenvalue weighted by Gasteiger charge is -2.13. The molecule has 4 nitrogen and oxygen atoms in total. The standard InChI is InChI=1S/C17H23N3O/c1-4-5-13-6-8-14(9-7-13)19-16-11-10-15(18)17(20-16)21-12(2)3/h6-12H,4-5,18H2,1-3H3,(H,19,20). The summed E-state index contributed by atoms with van der Waals surface area (Å²) in [6.45, 7) is 6.09. The highest BCUT2D eigenvalue weighted by atomic mass is 16.5. The number of nitrogens with one attached hydrogen (secondary N) is 1. The van der Waals surface area contributed by atoms with Crippen LogP contribution in [0.3, 0.4) is 0 Å². The molecular formula is C17H23N3O. The number of benzene rings is 1. The van der Waals surface area contributed by atoms with Gasteiger partial charge >= 0.3 is 0 Å². The van der Waals surface area contributed by atoms with Gasteiger partial charge in [0.15, 0.2) is 0 Å². The van der Waals surface area contributed by atoms with E-state index in [1.807, 2.05) is 19.9 Å². The van der Waals surface area contributed by atoms with Gasteiger partial charge in [-0.3, -0.25) is 0 Å². The molecule has 21 heavy (non-hydrogen) atoms. The number of ether oxygens (including phenoxy) is 1. The van der Waals surface area contributed by atoms with E-state index < -0.39 is 0 Å². The van der Waals surface area contributed by atoms with Crippen molar-refractivity contribution in [2.24, 2.45) is 0 Å². The first-order valence-corrected chi connectivity index (χ1v) is 7.37. The molecule has 0 saturated carbocycles. The van der Waals surface area contributed by atoms with Crippen LogP contribution in [0.1, 0.15) is 32.8 Å². The Morgan fingerprint density at radius 3 is 2.48 bits per heavy atom. The Kier molecular flexibility index (Phi) is 5.04. The average molecular weight is 285 g/mol. The van der Waals surface area contributed by atoms with E-state index in [9.17, 15) is 0 Å². The molecule has 2 rings (SSSR count). The lowest BCUT2D eigenvalue weighted by molar-refractivity contribution is 0.234. The zero-order valence-corrected chi connectivity index (χ0v) is 12.9. The molecule has 0 aliphatic heterocycles. The molecule has 0 fully saturated rings. The summed E-state index contributed by atoms with van der Waals surface area (Å²) < 4.78 is 5.60. The third-order valence-electron chi connectivity index (χ3n) is 3.00. The van der Waals surface area contributed by atoms with Crippen LogP contribution in [0, 0.1) is 0 Å². The molecule has 2 aromatic rings. The van der Waals surface area contributed by atoms with Crippen LogP contribution in [0.2, 0.25) is 0 Å². The Balaban J connectivity index is 2.11. The van der Waals surface area contributed by atoms with Crippen molar-refractivity contribution in [3.8, 4) is 5.88 Å². The summed E-state index contributed by atoms with van der Waals surface area (Å²) in [5.41, 5.74) is 8.76. The SMILES string of the molecule is CCCc1ccc(Nc2ccc(N)c(OC(C)C)n2)cc1. The first-order chi connectivity index (χ1) is 10.1. The molecule has 0 radical (unpaired) electrons. The smallest absolute Gasteiger partial charge is 0.239 e. The first-order valence-electron chi connectivity index (χ1n) is 7.37. The monoisotopic (exact) mass is 285 g/mol. The van der Waals surface area contributed by atoms with Crippen molar-refractivity contribution >= 4 is 17.2 Å². The highest BCUT2D eigenvalue weighted by molar-refractivity contribution is 5.60. The van der Waals surface area contributed by atoms with Crippen molar-refractivity contribution in [2.45, 2.75) is 39.7 Å². The van der Waals surface area contributed by atoms with Gasteiger partial charge in [0.1, 0.15) is 5.82 Å². The van der Waals surface area contributed by atoms with Crippen molar-refractivity contribution in [1.29, 1.82) is 0 Å². The summed E-state index contributed by atoms with van der Waals surface area (Å²) in [4.78, 5) is 4.41. The molecule has 0 saturated heterocycles. The molecule has 4 heteroatoms. The number of nitrogen functional groups attached to an aromatic ring is 1. The molecule has 0 spiro atoms. The van der Waals surface area contributed by atoms with Gasteiger partial charge in [0.25, 0.3) is 0 Å². The number of aryl methyl sites for hydroxylation is 1. The number of rotatable bonds is 6. The minimum absolute atomic E-state index is 0.0448. The van der Waals surface area contributed by atoms with Crippen LogP contribution in [0.15, 0.2) is 36.4 Å². The molecular weight excluding hydrogens is 262 g/mol. The van der Waals surface area contributed by atoms with Gasteiger partial charge in [0.2, 0.25) is 5.88 Å². The van der Waals surface area contributed by atoms with Crippen LogP contribution in [-0.2, 0) is 6.42 Å². The fourth-order valence-corrected chi connectivity index (χ4v) is 2.03. The maximum absolute atomic E-state index is 5.87. The Labute approximate surface area is 126 Å². The largest absolute Gasteiger partial charge is 0.473 e. The maximum atomic E-state index is 5.87. The molecule has 0 aliphatic carbocycles. The molecule has 0 aliphatic rings. The van der Waals surface area contributed by atoms with Gasteiger partial charge in [0, 0.05) is 5.69 Å². The van der Waals surface area contributed by atoms with E-state index in [2.05, 4.69) is 41.5 Å². The second-order valence-electron chi connectivity index (χ2n) is 5.33. The topological polar surface area (TPSA) is 60.2 Å². The van der Waals surface area contributed by atoms with Gasteiger partial charge in [0.05, 0.1) is 11.8 Å². The number of hydrogen-bond donors (Lipinski definition) is 2. The molecule has 1 aromatic heterocycles. The Morgan fingerprint density at radius 2 is 1.86 bits per heavy atom. The third-order valence-corrected chi connectivity index (χ3v) is 3.00. The second kappa shape index (κ2) is 6.97. The molecule has 1 heterocycles. The quantitative estimate of drug-likeness (QED) is 0.837. The lowest BCUT2D eigenvalue weighted by atomic mass is 10.1. The Bertz CT molecular complexity index is 579. The molecule has 1 aromatic carbocycles. The molecule has 0 atom stereocenters. The van der Waals surface area contributed by atoms with Crippen molar-refractivity contribution in [2.75, 3.05) is 11.1 Å². The number of nitrogens with two attached hydrogens (primary N) is 1. The number of hydrogen-bond acceptors (Lipinski definition) is 4. The van der Waals surface area contributed by atoms with Gasteiger partial charge in [-0.2, -0.15) is 4.98 Å². The molecule has 0 amide bonds. The normalized spacial score (nSPS) is 10.7. The van der Waals surface area contributed by atoms with Crippen LogP contribution in [0.4, 0.5) is 17.2 Å². The summed E-state index contributed by atoms with van der Waals surface area (Å²) in [7, 11) is 0. The van der Waals surface area contributed by atoms with Gasteiger partial charge < -0.3 is 15.8 Å². The van der Waals surface area contributed by atoms with E-state index in [4.69, 9.17) is 10.5 Å². The Hall–Kier alpha value is -2.23. The van der Waals surface area contributed by atoms with Crippen molar-refractivity contribution in [3.63, 3.8) is 0 Å². The molecule has 0 unspecified atom stereocenters. The first kappa shape index (κ1) is 15.2. The van der Waals surface area contributed by atoms with Gasteiger partial charge in [-0.15, -0.1) is 0 Å². The summed E-state index contributed by atoms with van der Waals surface area (Å²) in [6, 6.07) is 12.0. The zero-order valence-electron chi connectivity index (χ0n) is 12.9. The van der Waals surface area contributed by atoms with E-state index in [0.29, 0.717) is 11.6 Å². The Morgan fingerprint density at radius 1 is 1.14 bits per heavy atom. The van der Waals surface area contributed by atoms with Crippen molar-refractivity contribution < 1.29 is 4.74 Å². The fourth-order valence-electron chi connectivity index (χ4n) is 2.03. The molecule has 0 bridgehead atoms. The highest BCUT2D eigenvalue weighted by Crippen LogP contribution is 2.24. The number of anilines is 3. The number of aromatic nitrogens is 1. The number of nitrogens with zero attached hydrogens (tertiary/aromatic N) is 1. The summed E-state index contributed by atoms with van der Waals surface area (Å²) in [6.07, 6.45) is 2.30. The van der Waals surface area contributed by atoms with Crippen LogP contribution in [-0.4, -0.2) is 11.1 Å². The second-order valence-corrected chi connectivity index (χ2v) is 5.33. The van der Waals surface area contributed by atoms with Crippen molar-refractivity contribution in [1.82, 2.24) is 4.98 Å². The highest BCUT2D eigenvalue weighted by Gasteiger charge is 2.06. The van der Waals surface area contributed by atoms with E-state index in [1.54, 1.807) is 6.07 Å². The summed E-state index contributed by atoms with van der Waals surface area (Å²) in [5, 5.41) is 3.27. The van der Waals surface area contributed by atoms with Crippen LogP contribution < -0.4 is 15.8 Å². The molecule has 112 valence electrons. The fraction of sp³-hybridized carbons (Fsp3) is 0.353. The van der Waals surface area contributed by atoms with Gasteiger partial charge in [-0.25, -0.2) is 0 Å². The van der Waals surface area contributed by atoms with E-state index in [0.717, 1.165) is 24.3 Å². The number of pyridine rings is 1. The minimum atomic E-state index is 0.0448. The van der Waals surface area contributed by atoms with Crippen LogP contribution in [0.5, 0.6) is 5.88 Å². The van der Waals surface area contributed by atoms with E-state index >= 15 is 0 Å². The summed E-state index contributed by atoms with van der Waals surface area (Å²) in [5.74, 6) is 1.20. The molecule has 3 N–H and O–H groups in total. The minimum Gasteiger partial charge on any atom is -0.473 e. The maximum Gasteiger partial charge on any atom is 0.239 e. The van der Waals surface area contributed by atoms with Gasteiger partial charge in [-0.1, -0.05) is 25.5 Å². The van der Waals surface area contributed by atoms with E-state index in [-0.39, 0.29) is 6.10 Å². The van der Waals surface area contributed by atoms with Crippen LogP contribution in [0.25, 0.3) is 0 Å². The predicted octanol–water partition coefficient (Wildman–Crippen LogP) is 4.15. The zero-order chi connectivity index (χ0) is 15.2.